The lowest BCUT2D eigenvalue weighted by molar-refractivity contribution is 0.523. The predicted octanol–water partition coefficient (Wildman–Crippen LogP) is 3.55. The first kappa shape index (κ1) is 15.3. The minimum Gasteiger partial charge on any atom is -0.397 e. The molecule has 0 atom stereocenters. The summed E-state index contributed by atoms with van der Waals surface area (Å²) in [6.45, 7) is 5.38. The number of hydrogen-bond donors (Lipinski definition) is 2. The molecule has 1 aromatic heterocycles. The van der Waals surface area contributed by atoms with Gasteiger partial charge in [0.2, 0.25) is 0 Å². The van der Waals surface area contributed by atoms with Crippen molar-refractivity contribution in [1.29, 1.82) is 5.26 Å². The summed E-state index contributed by atoms with van der Waals surface area (Å²) < 4.78 is 0. The molecule has 1 heterocycles. The third kappa shape index (κ3) is 6.10. The zero-order chi connectivity index (χ0) is 14.1. The molecule has 1 aromatic rings. The molecule has 0 saturated heterocycles. The minimum atomic E-state index is 0.514. The summed E-state index contributed by atoms with van der Waals surface area (Å²) in [6.07, 6.45) is 7.80. The standard InChI is InChI=1S/C15H24N4/c1-12(2)7-5-3-4-6-8-18-15-13(10-16)9-14(17)11-19-15/h9,11-12H,3-8,17H2,1-2H3,(H,18,19). The van der Waals surface area contributed by atoms with Gasteiger partial charge >= 0.3 is 0 Å². The van der Waals surface area contributed by atoms with Gasteiger partial charge in [-0.05, 0) is 18.4 Å². The number of aromatic nitrogens is 1. The van der Waals surface area contributed by atoms with Gasteiger partial charge in [0.25, 0.3) is 0 Å². The Labute approximate surface area is 116 Å². The van der Waals surface area contributed by atoms with Gasteiger partial charge in [-0.25, -0.2) is 4.98 Å². The van der Waals surface area contributed by atoms with Gasteiger partial charge in [-0.2, -0.15) is 5.26 Å². The first-order valence-electron chi connectivity index (χ1n) is 7.03. The van der Waals surface area contributed by atoms with Crippen LogP contribution in [0.5, 0.6) is 0 Å². The highest BCUT2D eigenvalue weighted by molar-refractivity contribution is 5.57. The fourth-order valence-corrected chi connectivity index (χ4v) is 1.94. The Hall–Kier alpha value is -1.76. The normalized spacial score (nSPS) is 10.4. The Bertz CT molecular complexity index is 421. The van der Waals surface area contributed by atoms with Crippen molar-refractivity contribution in [2.24, 2.45) is 5.92 Å². The van der Waals surface area contributed by atoms with E-state index in [0.717, 1.165) is 18.9 Å². The van der Waals surface area contributed by atoms with E-state index in [2.05, 4.69) is 30.2 Å². The summed E-state index contributed by atoms with van der Waals surface area (Å²) in [5.74, 6) is 1.44. The van der Waals surface area contributed by atoms with Crippen LogP contribution in [0, 0.1) is 17.2 Å². The molecule has 0 aliphatic heterocycles. The van der Waals surface area contributed by atoms with E-state index in [9.17, 15) is 0 Å². The molecule has 0 fully saturated rings. The first-order chi connectivity index (χ1) is 9.13. The van der Waals surface area contributed by atoms with Gasteiger partial charge in [-0.1, -0.05) is 39.5 Å². The van der Waals surface area contributed by atoms with Gasteiger partial charge < -0.3 is 11.1 Å². The number of anilines is 2. The average molecular weight is 260 g/mol. The molecule has 4 heteroatoms. The van der Waals surface area contributed by atoms with E-state index in [4.69, 9.17) is 11.0 Å². The van der Waals surface area contributed by atoms with Crippen molar-refractivity contribution in [3.63, 3.8) is 0 Å². The average Bonchev–Trinajstić information content (AvgIpc) is 2.38. The predicted molar refractivity (Wildman–Crippen MR) is 79.8 cm³/mol. The van der Waals surface area contributed by atoms with Gasteiger partial charge in [0, 0.05) is 6.54 Å². The summed E-state index contributed by atoms with van der Waals surface area (Å²) in [7, 11) is 0. The fraction of sp³-hybridized carbons (Fsp3) is 0.600. The van der Waals surface area contributed by atoms with Crippen LogP contribution in [0.15, 0.2) is 12.3 Å². The molecule has 3 N–H and O–H groups in total. The Morgan fingerprint density at radius 1 is 1.32 bits per heavy atom. The number of rotatable bonds is 8. The van der Waals surface area contributed by atoms with Gasteiger partial charge in [0.15, 0.2) is 0 Å². The Balaban J connectivity index is 2.21. The zero-order valence-electron chi connectivity index (χ0n) is 11.9. The SMILES string of the molecule is CC(C)CCCCCCNc1ncc(N)cc1C#N. The second-order valence-electron chi connectivity index (χ2n) is 5.30. The second-order valence-corrected chi connectivity index (χ2v) is 5.30. The summed E-state index contributed by atoms with van der Waals surface area (Å²) in [4.78, 5) is 4.15. The van der Waals surface area contributed by atoms with E-state index in [0.29, 0.717) is 17.1 Å². The third-order valence-corrected chi connectivity index (χ3v) is 3.03. The molecule has 0 aliphatic rings. The molecule has 104 valence electrons. The van der Waals surface area contributed by atoms with Crippen molar-refractivity contribution in [2.45, 2.75) is 46.0 Å². The number of nitrogen functional groups attached to an aromatic ring is 1. The van der Waals surface area contributed by atoms with Gasteiger partial charge in [-0.3, -0.25) is 0 Å². The third-order valence-electron chi connectivity index (χ3n) is 3.03. The van der Waals surface area contributed by atoms with Crippen molar-refractivity contribution in [3.05, 3.63) is 17.8 Å². The summed E-state index contributed by atoms with van der Waals surface area (Å²) in [6, 6.07) is 3.76. The van der Waals surface area contributed by atoms with Crippen LogP contribution in [-0.4, -0.2) is 11.5 Å². The zero-order valence-corrected chi connectivity index (χ0v) is 11.9. The number of nitrogens with two attached hydrogens (primary N) is 1. The Kier molecular flexibility index (Phi) is 6.73. The van der Waals surface area contributed by atoms with Crippen LogP contribution in [0.1, 0.15) is 51.5 Å². The first-order valence-corrected chi connectivity index (χ1v) is 7.03. The van der Waals surface area contributed by atoms with Crippen LogP contribution >= 0.6 is 0 Å². The molecular formula is C15H24N4. The summed E-state index contributed by atoms with van der Waals surface area (Å²) in [5, 5.41) is 12.2. The lowest BCUT2D eigenvalue weighted by Crippen LogP contribution is -2.05. The maximum absolute atomic E-state index is 8.98. The van der Waals surface area contributed by atoms with E-state index in [1.54, 1.807) is 12.3 Å². The number of nitriles is 1. The molecular weight excluding hydrogens is 236 g/mol. The molecule has 0 aliphatic carbocycles. The molecule has 1 rings (SSSR count). The van der Waals surface area contributed by atoms with Crippen molar-refractivity contribution in [1.82, 2.24) is 4.98 Å². The second kappa shape index (κ2) is 8.36. The van der Waals surface area contributed by atoms with E-state index < -0.39 is 0 Å². The number of unbranched alkanes of at least 4 members (excludes halogenated alkanes) is 3. The lowest BCUT2D eigenvalue weighted by Gasteiger charge is -2.08. The minimum absolute atomic E-state index is 0.514. The smallest absolute Gasteiger partial charge is 0.144 e. The van der Waals surface area contributed by atoms with E-state index in [1.165, 1.54) is 25.7 Å². The Morgan fingerprint density at radius 2 is 2.05 bits per heavy atom. The van der Waals surface area contributed by atoms with Gasteiger partial charge in [-0.15, -0.1) is 0 Å². The molecule has 0 spiro atoms. The summed E-state index contributed by atoms with van der Waals surface area (Å²) in [5.41, 5.74) is 6.63. The highest BCUT2D eigenvalue weighted by Gasteiger charge is 2.03. The number of hydrogen-bond acceptors (Lipinski definition) is 4. The monoisotopic (exact) mass is 260 g/mol. The lowest BCUT2D eigenvalue weighted by atomic mass is 10.0. The maximum Gasteiger partial charge on any atom is 0.144 e. The molecule has 0 amide bonds. The molecule has 0 radical (unpaired) electrons. The summed E-state index contributed by atoms with van der Waals surface area (Å²) >= 11 is 0. The highest BCUT2D eigenvalue weighted by Crippen LogP contribution is 2.14. The van der Waals surface area contributed by atoms with E-state index in [1.807, 2.05) is 0 Å². The highest BCUT2D eigenvalue weighted by atomic mass is 15.0. The van der Waals surface area contributed by atoms with Crippen molar-refractivity contribution < 1.29 is 0 Å². The van der Waals surface area contributed by atoms with E-state index in [-0.39, 0.29) is 0 Å². The number of nitrogens with zero attached hydrogens (tertiary/aromatic N) is 2. The largest absolute Gasteiger partial charge is 0.397 e. The topological polar surface area (TPSA) is 74.7 Å². The van der Waals surface area contributed by atoms with Crippen LogP contribution in [0.2, 0.25) is 0 Å². The Morgan fingerprint density at radius 3 is 2.74 bits per heavy atom. The van der Waals surface area contributed by atoms with Crippen LogP contribution < -0.4 is 11.1 Å². The van der Waals surface area contributed by atoms with Crippen molar-refractivity contribution >= 4 is 11.5 Å². The molecule has 4 nitrogen and oxygen atoms in total. The van der Waals surface area contributed by atoms with Crippen LogP contribution in [0.4, 0.5) is 11.5 Å². The van der Waals surface area contributed by atoms with Crippen LogP contribution in [0.25, 0.3) is 0 Å². The van der Waals surface area contributed by atoms with Crippen molar-refractivity contribution in [3.8, 4) is 6.07 Å². The molecule has 0 saturated carbocycles. The van der Waals surface area contributed by atoms with Crippen molar-refractivity contribution in [2.75, 3.05) is 17.6 Å². The number of pyridine rings is 1. The molecule has 0 aromatic carbocycles. The van der Waals surface area contributed by atoms with Gasteiger partial charge in [0.05, 0.1) is 17.4 Å². The van der Waals surface area contributed by atoms with Gasteiger partial charge in [0.1, 0.15) is 11.9 Å². The molecule has 0 unspecified atom stereocenters. The van der Waals surface area contributed by atoms with E-state index >= 15 is 0 Å². The number of nitrogens with one attached hydrogen (secondary N) is 1. The fourth-order valence-electron chi connectivity index (χ4n) is 1.94. The van der Waals surface area contributed by atoms with Crippen LogP contribution in [-0.2, 0) is 0 Å². The van der Waals surface area contributed by atoms with Crippen LogP contribution in [0.3, 0.4) is 0 Å². The molecule has 0 bridgehead atoms. The maximum atomic E-state index is 8.98. The molecule has 19 heavy (non-hydrogen) atoms. The quantitative estimate of drug-likeness (QED) is 0.701.